The Bertz CT molecular complexity index is 524. The minimum absolute atomic E-state index is 0.0497. The van der Waals surface area contributed by atoms with Gasteiger partial charge in [-0.2, -0.15) is 0 Å². The van der Waals surface area contributed by atoms with Crippen molar-refractivity contribution in [2.24, 2.45) is 0 Å². The van der Waals surface area contributed by atoms with Crippen molar-refractivity contribution in [2.75, 3.05) is 38.1 Å². The molecule has 1 atom stereocenters. The molecule has 0 N–H and O–H groups in total. The second-order valence-electron chi connectivity index (χ2n) is 5.78. The first-order chi connectivity index (χ1) is 10.2. The van der Waals surface area contributed by atoms with Crippen LogP contribution in [0.1, 0.15) is 12.8 Å². The highest BCUT2D eigenvalue weighted by Gasteiger charge is 2.39. The van der Waals surface area contributed by atoms with Gasteiger partial charge in [-0.1, -0.05) is 18.2 Å². The van der Waals surface area contributed by atoms with Crippen molar-refractivity contribution in [1.29, 1.82) is 0 Å². The van der Waals surface area contributed by atoms with E-state index in [4.69, 9.17) is 0 Å². The molecule has 0 spiro atoms. The Morgan fingerprint density at radius 1 is 1.10 bits per heavy atom. The third-order valence-corrected chi connectivity index (χ3v) is 4.35. The van der Waals surface area contributed by atoms with E-state index in [9.17, 15) is 9.59 Å². The van der Waals surface area contributed by atoms with Gasteiger partial charge < -0.3 is 9.80 Å². The molecule has 2 amide bonds. The van der Waals surface area contributed by atoms with Gasteiger partial charge in [0.15, 0.2) is 0 Å². The highest BCUT2D eigenvalue weighted by atomic mass is 16.2. The normalized spacial score (nSPS) is 23.7. The van der Waals surface area contributed by atoms with Crippen LogP contribution >= 0.6 is 0 Å². The number of carbonyl (C=O) groups excluding carboxylic acids is 2. The Labute approximate surface area is 125 Å². The van der Waals surface area contributed by atoms with Gasteiger partial charge in [-0.15, -0.1) is 0 Å². The van der Waals surface area contributed by atoms with Crippen molar-refractivity contribution >= 4 is 17.5 Å². The highest BCUT2D eigenvalue weighted by Crippen LogP contribution is 2.27. The van der Waals surface area contributed by atoms with Crippen LogP contribution < -0.4 is 4.90 Å². The van der Waals surface area contributed by atoms with Crippen LogP contribution in [0.25, 0.3) is 0 Å². The Kier molecular flexibility index (Phi) is 3.92. The zero-order valence-electron chi connectivity index (χ0n) is 12.4. The average Bonchev–Trinajstić information content (AvgIpc) is 2.90. The molecule has 1 aromatic carbocycles. The van der Waals surface area contributed by atoms with E-state index < -0.39 is 0 Å². The fourth-order valence-electron chi connectivity index (χ4n) is 3.07. The van der Waals surface area contributed by atoms with E-state index in [0.717, 1.165) is 31.9 Å². The summed E-state index contributed by atoms with van der Waals surface area (Å²) in [6.07, 6.45) is 1.08. The Morgan fingerprint density at radius 2 is 1.76 bits per heavy atom. The van der Waals surface area contributed by atoms with Crippen LogP contribution in [0.15, 0.2) is 30.3 Å². The maximum atomic E-state index is 12.7. The summed E-state index contributed by atoms with van der Waals surface area (Å²) in [7, 11) is 2.07. The molecule has 2 aliphatic heterocycles. The number of hydrogen-bond acceptors (Lipinski definition) is 3. The first-order valence-electron chi connectivity index (χ1n) is 7.51. The number of piperazine rings is 1. The van der Waals surface area contributed by atoms with Crippen molar-refractivity contribution in [3.05, 3.63) is 30.3 Å². The molecule has 0 radical (unpaired) electrons. The number of hydrogen-bond donors (Lipinski definition) is 0. The van der Waals surface area contributed by atoms with E-state index in [1.54, 1.807) is 4.90 Å². The minimum Gasteiger partial charge on any atom is -0.338 e. The predicted molar refractivity (Wildman–Crippen MR) is 81.0 cm³/mol. The van der Waals surface area contributed by atoms with Gasteiger partial charge >= 0.3 is 0 Å². The van der Waals surface area contributed by atoms with E-state index in [-0.39, 0.29) is 17.9 Å². The van der Waals surface area contributed by atoms with Gasteiger partial charge in [0.05, 0.1) is 0 Å². The maximum Gasteiger partial charge on any atom is 0.245 e. The van der Waals surface area contributed by atoms with Crippen LogP contribution in [0.2, 0.25) is 0 Å². The van der Waals surface area contributed by atoms with Crippen molar-refractivity contribution < 1.29 is 9.59 Å². The van der Waals surface area contributed by atoms with Gasteiger partial charge in [0.1, 0.15) is 6.04 Å². The Balaban J connectivity index is 1.77. The minimum atomic E-state index is -0.330. The van der Waals surface area contributed by atoms with Gasteiger partial charge in [0.25, 0.3) is 0 Å². The molecule has 0 saturated carbocycles. The topological polar surface area (TPSA) is 43.9 Å². The number of benzene rings is 1. The van der Waals surface area contributed by atoms with E-state index in [1.807, 2.05) is 35.2 Å². The third-order valence-electron chi connectivity index (χ3n) is 4.35. The smallest absolute Gasteiger partial charge is 0.245 e. The molecule has 2 fully saturated rings. The number of para-hydroxylation sites is 1. The van der Waals surface area contributed by atoms with Gasteiger partial charge in [-0.05, 0) is 25.6 Å². The summed E-state index contributed by atoms with van der Waals surface area (Å²) in [4.78, 5) is 30.7. The summed E-state index contributed by atoms with van der Waals surface area (Å²) in [5.74, 6) is 0.145. The molecular weight excluding hydrogens is 266 g/mol. The van der Waals surface area contributed by atoms with Gasteiger partial charge in [-0.3, -0.25) is 14.5 Å². The fourth-order valence-corrected chi connectivity index (χ4v) is 3.07. The molecule has 21 heavy (non-hydrogen) atoms. The number of amides is 2. The van der Waals surface area contributed by atoms with Crippen LogP contribution in [-0.2, 0) is 9.59 Å². The molecule has 0 aromatic heterocycles. The molecule has 2 aliphatic rings. The second kappa shape index (κ2) is 5.85. The predicted octanol–water partition coefficient (Wildman–Crippen LogP) is 0.956. The molecule has 1 aromatic rings. The molecule has 2 saturated heterocycles. The van der Waals surface area contributed by atoms with Crippen molar-refractivity contribution in [3.63, 3.8) is 0 Å². The monoisotopic (exact) mass is 287 g/mol. The summed E-state index contributed by atoms with van der Waals surface area (Å²) in [6.45, 7) is 3.31. The first kappa shape index (κ1) is 14.1. The lowest BCUT2D eigenvalue weighted by Gasteiger charge is -2.35. The first-order valence-corrected chi connectivity index (χ1v) is 7.51. The van der Waals surface area contributed by atoms with E-state index >= 15 is 0 Å². The molecule has 2 heterocycles. The summed E-state index contributed by atoms with van der Waals surface area (Å²) in [5.41, 5.74) is 0.826. The van der Waals surface area contributed by atoms with E-state index in [0.29, 0.717) is 12.8 Å². The fraction of sp³-hybridized carbons (Fsp3) is 0.500. The SMILES string of the molecule is CN1CCN(C(=O)C2CCC(=O)N2c2ccccc2)CC1. The molecule has 0 bridgehead atoms. The average molecular weight is 287 g/mol. The molecule has 1 unspecified atom stereocenters. The molecule has 5 heteroatoms. The van der Waals surface area contributed by atoms with Crippen molar-refractivity contribution in [3.8, 4) is 0 Å². The molecule has 5 nitrogen and oxygen atoms in total. The highest BCUT2D eigenvalue weighted by molar-refractivity contribution is 6.03. The number of nitrogens with zero attached hydrogens (tertiary/aromatic N) is 3. The third kappa shape index (κ3) is 2.78. The van der Waals surface area contributed by atoms with Crippen LogP contribution in [-0.4, -0.2) is 60.9 Å². The summed E-state index contributed by atoms with van der Waals surface area (Å²) in [6, 6.07) is 9.18. The molecule has 3 rings (SSSR count). The summed E-state index contributed by atoms with van der Waals surface area (Å²) < 4.78 is 0. The van der Waals surface area contributed by atoms with Crippen molar-refractivity contribution in [1.82, 2.24) is 9.80 Å². The van der Waals surface area contributed by atoms with Crippen LogP contribution in [0.5, 0.6) is 0 Å². The van der Waals surface area contributed by atoms with Crippen LogP contribution in [0, 0.1) is 0 Å². The number of carbonyl (C=O) groups is 2. The van der Waals surface area contributed by atoms with E-state index in [1.165, 1.54) is 0 Å². The van der Waals surface area contributed by atoms with Gasteiger partial charge in [0.2, 0.25) is 11.8 Å². The quantitative estimate of drug-likeness (QED) is 0.813. The Morgan fingerprint density at radius 3 is 2.43 bits per heavy atom. The lowest BCUT2D eigenvalue weighted by molar-refractivity contribution is -0.134. The summed E-state index contributed by atoms with van der Waals surface area (Å²) >= 11 is 0. The summed E-state index contributed by atoms with van der Waals surface area (Å²) in [5, 5.41) is 0. The second-order valence-corrected chi connectivity index (χ2v) is 5.78. The number of rotatable bonds is 2. The molecule has 0 aliphatic carbocycles. The standard InChI is InChI=1S/C16H21N3O2/c1-17-9-11-18(12-10-17)16(21)14-7-8-15(20)19(14)13-5-3-2-4-6-13/h2-6,14H,7-12H2,1H3. The maximum absolute atomic E-state index is 12.7. The lowest BCUT2D eigenvalue weighted by atomic mass is 10.1. The van der Waals surface area contributed by atoms with Gasteiger partial charge in [0, 0.05) is 38.3 Å². The lowest BCUT2D eigenvalue weighted by Crippen LogP contribution is -2.53. The van der Waals surface area contributed by atoms with Crippen LogP contribution in [0.3, 0.4) is 0 Å². The number of anilines is 1. The van der Waals surface area contributed by atoms with Gasteiger partial charge in [-0.25, -0.2) is 0 Å². The number of likely N-dealkylation sites (N-methyl/N-ethyl adjacent to an activating group) is 1. The molecule has 112 valence electrons. The van der Waals surface area contributed by atoms with Crippen LogP contribution in [0.4, 0.5) is 5.69 Å². The Hall–Kier alpha value is -1.88. The molecular formula is C16H21N3O2. The largest absolute Gasteiger partial charge is 0.338 e. The van der Waals surface area contributed by atoms with Crippen molar-refractivity contribution in [2.45, 2.75) is 18.9 Å². The van der Waals surface area contributed by atoms with E-state index in [2.05, 4.69) is 11.9 Å². The zero-order chi connectivity index (χ0) is 14.8. The zero-order valence-corrected chi connectivity index (χ0v) is 12.4.